The van der Waals surface area contributed by atoms with Crippen molar-refractivity contribution in [3.05, 3.63) is 42.4 Å². The van der Waals surface area contributed by atoms with Crippen LogP contribution < -0.4 is 0 Å². The van der Waals surface area contributed by atoms with E-state index in [0.717, 1.165) is 29.3 Å². The molecule has 0 atom stereocenters. The maximum absolute atomic E-state index is 4.51. The lowest BCUT2D eigenvalue weighted by molar-refractivity contribution is 0.825. The molecule has 0 saturated heterocycles. The van der Waals surface area contributed by atoms with Crippen molar-refractivity contribution in [2.75, 3.05) is 0 Å². The molecule has 5 heteroatoms. The van der Waals surface area contributed by atoms with Gasteiger partial charge in [0.2, 0.25) is 0 Å². The molecule has 0 fully saturated rings. The zero-order valence-electron chi connectivity index (χ0n) is 9.41. The van der Waals surface area contributed by atoms with Crippen LogP contribution >= 0.6 is 0 Å². The Hall–Kier alpha value is -2.30. The molecule has 0 radical (unpaired) electrons. The molecule has 17 heavy (non-hydrogen) atoms. The van der Waals surface area contributed by atoms with Crippen molar-refractivity contribution in [2.24, 2.45) is 0 Å². The summed E-state index contributed by atoms with van der Waals surface area (Å²) in [6, 6.07) is 9.58. The van der Waals surface area contributed by atoms with Crippen LogP contribution in [0.4, 0.5) is 0 Å². The summed E-state index contributed by atoms with van der Waals surface area (Å²) >= 11 is 0. The zero-order valence-corrected chi connectivity index (χ0v) is 9.41. The predicted molar refractivity (Wildman–Crippen MR) is 63.4 cm³/mol. The number of nitrogens with zero attached hydrogens (tertiary/aromatic N) is 5. The Morgan fingerprint density at radius 2 is 2.00 bits per heavy atom. The highest BCUT2D eigenvalue weighted by Crippen LogP contribution is 2.14. The molecular weight excluding hydrogens is 214 g/mol. The summed E-state index contributed by atoms with van der Waals surface area (Å²) in [6.45, 7) is 2.03. The summed E-state index contributed by atoms with van der Waals surface area (Å²) in [7, 11) is 0. The van der Waals surface area contributed by atoms with E-state index in [1.165, 1.54) is 0 Å². The third-order valence-corrected chi connectivity index (χ3v) is 2.57. The van der Waals surface area contributed by atoms with Gasteiger partial charge >= 0.3 is 0 Å². The van der Waals surface area contributed by atoms with E-state index < -0.39 is 0 Å². The summed E-state index contributed by atoms with van der Waals surface area (Å²) in [6.07, 6.45) is 2.56. The highest BCUT2D eigenvalue weighted by molar-refractivity contribution is 5.55. The number of hydrogen-bond acceptors (Lipinski definition) is 4. The Kier molecular flexibility index (Phi) is 2.29. The molecule has 0 aliphatic rings. The fourth-order valence-corrected chi connectivity index (χ4v) is 1.70. The van der Waals surface area contributed by atoms with E-state index in [9.17, 15) is 0 Å². The van der Waals surface area contributed by atoms with Crippen molar-refractivity contribution in [3.63, 3.8) is 0 Å². The van der Waals surface area contributed by atoms with E-state index in [2.05, 4.69) is 20.3 Å². The smallest absolute Gasteiger partial charge is 0.177 e. The molecule has 0 aromatic carbocycles. The third kappa shape index (κ3) is 1.65. The van der Waals surface area contributed by atoms with Gasteiger partial charge in [0.25, 0.3) is 0 Å². The minimum Gasteiger partial charge on any atom is -0.255 e. The van der Waals surface area contributed by atoms with E-state index in [1.54, 1.807) is 10.7 Å². The van der Waals surface area contributed by atoms with Crippen LogP contribution in [0.25, 0.3) is 17.0 Å². The van der Waals surface area contributed by atoms with Crippen molar-refractivity contribution in [3.8, 4) is 11.4 Å². The van der Waals surface area contributed by atoms with Crippen molar-refractivity contribution in [1.29, 1.82) is 0 Å². The average molecular weight is 225 g/mol. The predicted octanol–water partition coefficient (Wildman–Crippen LogP) is 1.75. The molecule has 0 bridgehead atoms. The Labute approximate surface area is 98.2 Å². The maximum Gasteiger partial charge on any atom is 0.177 e. The van der Waals surface area contributed by atoms with Crippen LogP contribution in [0.15, 0.2) is 36.5 Å². The Balaban J connectivity index is 2.19. The summed E-state index contributed by atoms with van der Waals surface area (Å²) in [4.78, 5) is 4.28. The van der Waals surface area contributed by atoms with Crippen molar-refractivity contribution in [2.45, 2.75) is 13.3 Å². The Morgan fingerprint density at radius 1 is 1.06 bits per heavy atom. The third-order valence-electron chi connectivity index (χ3n) is 2.57. The van der Waals surface area contributed by atoms with Gasteiger partial charge in [-0.15, -0.1) is 10.2 Å². The topological polar surface area (TPSA) is 56.0 Å². The minimum absolute atomic E-state index is 0.765. The number of aryl methyl sites for hydroxylation is 1. The number of aromatic nitrogens is 5. The second-order valence-corrected chi connectivity index (χ2v) is 3.67. The lowest BCUT2D eigenvalue weighted by Crippen LogP contribution is -1.99. The fraction of sp³-hybridized carbons (Fsp3) is 0.167. The summed E-state index contributed by atoms with van der Waals surface area (Å²) in [5.41, 5.74) is 2.44. The van der Waals surface area contributed by atoms with Gasteiger partial charge in [-0.25, -0.2) is 0 Å². The van der Waals surface area contributed by atoms with Gasteiger partial charge in [0, 0.05) is 12.6 Å². The zero-order chi connectivity index (χ0) is 11.7. The second kappa shape index (κ2) is 3.93. The fourth-order valence-electron chi connectivity index (χ4n) is 1.70. The van der Waals surface area contributed by atoms with Crippen LogP contribution in [0.3, 0.4) is 0 Å². The Morgan fingerprint density at radius 3 is 2.76 bits per heavy atom. The molecule has 3 aromatic heterocycles. The average Bonchev–Trinajstić information content (AvgIpc) is 2.81. The molecule has 3 heterocycles. The first-order valence-electron chi connectivity index (χ1n) is 5.51. The lowest BCUT2D eigenvalue weighted by Gasteiger charge is -2.00. The summed E-state index contributed by atoms with van der Waals surface area (Å²) in [5, 5.41) is 12.6. The van der Waals surface area contributed by atoms with Crippen LogP contribution in [-0.4, -0.2) is 24.8 Å². The lowest BCUT2D eigenvalue weighted by atomic mass is 10.2. The van der Waals surface area contributed by atoms with Crippen molar-refractivity contribution >= 4 is 5.65 Å². The van der Waals surface area contributed by atoms with Gasteiger partial charge in [0.1, 0.15) is 5.69 Å². The van der Waals surface area contributed by atoms with Crippen molar-refractivity contribution < 1.29 is 0 Å². The van der Waals surface area contributed by atoms with Crippen LogP contribution in [0.5, 0.6) is 0 Å². The molecule has 0 saturated carbocycles. The SMILES string of the molecule is CCc1nnc2ccc(-c3ccccn3)nn12. The Bertz CT molecular complexity index is 644. The first-order valence-corrected chi connectivity index (χ1v) is 5.51. The van der Waals surface area contributed by atoms with Gasteiger partial charge in [-0.1, -0.05) is 13.0 Å². The molecule has 0 amide bonds. The summed E-state index contributed by atoms with van der Waals surface area (Å²) in [5.74, 6) is 0.859. The van der Waals surface area contributed by atoms with Gasteiger partial charge in [-0.2, -0.15) is 9.61 Å². The molecule has 0 N–H and O–H groups in total. The van der Waals surface area contributed by atoms with Gasteiger partial charge < -0.3 is 0 Å². The van der Waals surface area contributed by atoms with E-state index in [0.29, 0.717) is 0 Å². The van der Waals surface area contributed by atoms with Crippen LogP contribution in [0, 0.1) is 0 Å². The van der Waals surface area contributed by atoms with Crippen LogP contribution in [0.1, 0.15) is 12.7 Å². The minimum atomic E-state index is 0.765. The first-order chi connectivity index (χ1) is 8.38. The quantitative estimate of drug-likeness (QED) is 0.666. The van der Waals surface area contributed by atoms with Gasteiger partial charge in [0.05, 0.1) is 5.69 Å². The standard InChI is InChI=1S/C12H11N5/c1-2-11-14-15-12-7-6-10(16-17(11)12)9-5-3-4-8-13-9/h3-8H,2H2,1H3. The van der Waals surface area contributed by atoms with Crippen LogP contribution in [0.2, 0.25) is 0 Å². The molecule has 5 nitrogen and oxygen atoms in total. The number of rotatable bonds is 2. The molecule has 3 aromatic rings. The van der Waals surface area contributed by atoms with E-state index in [4.69, 9.17) is 0 Å². The second-order valence-electron chi connectivity index (χ2n) is 3.67. The first kappa shape index (κ1) is 9.89. The molecule has 0 aliphatic carbocycles. The highest BCUT2D eigenvalue weighted by atomic mass is 15.4. The number of fused-ring (bicyclic) bond motifs is 1. The molecule has 0 aliphatic heterocycles. The largest absolute Gasteiger partial charge is 0.255 e. The van der Waals surface area contributed by atoms with E-state index in [-0.39, 0.29) is 0 Å². The van der Waals surface area contributed by atoms with Gasteiger partial charge in [-0.05, 0) is 24.3 Å². The monoisotopic (exact) mass is 225 g/mol. The van der Waals surface area contributed by atoms with Crippen molar-refractivity contribution in [1.82, 2.24) is 24.8 Å². The normalized spacial score (nSPS) is 10.9. The van der Waals surface area contributed by atoms with E-state index >= 15 is 0 Å². The van der Waals surface area contributed by atoms with Gasteiger partial charge in [-0.3, -0.25) is 4.98 Å². The molecule has 84 valence electrons. The van der Waals surface area contributed by atoms with E-state index in [1.807, 2.05) is 37.3 Å². The summed E-state index contributed by atoms with van der Waals surface area (Å²) < 4.78 is 1.77. The molecular formula is C12H11N5. The molecule has 0 unspecified atom stereocenters. The molecule has 0 spiro atoms. The highest BCUT2D eigenvalue weighted by Gasteiger charge is 2.07. The molecule has 3 rings (SSSR count). The van der Waals surface area contributed by atoms with Crippen LogP contribution in [-0.2, 0) is 6.42 Å². The number of pyridine rings is 1. The van der Waals surface area contributed by atoms with Gasteiger partial charge in [0.15, 0.2) is 11.5 Å². The maximum atomic E-state index is 4.51. The number of hydrogen-bond donors (Lipinski definition) is 0.